The Hall–Kier alpha value is -3.60. The number of hydrogen-bond donors (Lipinski definition) is 1. The highest BCUT2D eigenvalue weighted by Gasteiger charge is 2.80. The molecule has 27 heavy (non-hydrogen) atoms. The van der Waals surface area contributed by atoms with Crippen molar-refractivity contribution in [1.29, 1.82) is 5.26 Å². The molecule has 0 aliphatic heterocycles. The Morgan fingerprint density at radius 1 is 1.22 bits per heavy atom. The number of imide groups is 1. The highest BCUT2D eigenvalue weighted by molar-refractivity contribution is 6.09. The summed E-state index contributed by atoms with van der Waals surface area (Å²) in [7, 11) is 0. The van der Waals surface area contributed by atoms with Crippen LogP contribution in [0.5, 0.6) is 0 Å². The zero-order chi connectivity index (χ0) is 19.8. The first-order valence-electron chi connectivity index (χ1n) is 8.04. The quantitative estimate of drug-likeness (QED) is 0.506. The van der Waals surface area contributed by atoms with Crippen LogP contribution in [0.25, 0.3) is 0 Å². The molecule has 2 aromatic rings. The largest absolute Gasteiger partial charge is 0.291 e. The van der Waals surface area contributed by atoms with Gasteiger partial charge in [-0.1, -0.05) is 42.0 Å². The van der Waals surface area contributed by atoms with Crippen molar-refractivity contribution in [3.05, 3.63) is 81.2 Å². The lowest BCUT2D eigenvalue weighted by atomic mass is 9.98. The number of carbonyl (C=O) groups excluding carboxylic acids is 2. The number of hydrogen-bond acceptors (Lipinski definition) is 5. The number of nitro groups is 1. The first-order chi connectivity index (χ1) is 12.8. The van der Waals surface area contributed by atoms with Crippen LogP contribution in [0.15, 0.2) is 48.5 Å². The van der Waals surface area contributed by atoms with Crippen molar-refractivity contribution in [2.24, 2.45) is 5.41 Å². The van der Waals surface area contributed by atoms with E-state index in [0.29, 0.717) is 5.56 Å². The van der Waals surface area contributed by atoms with Crippen LogP contribution in [0, 0.1) is 39.6 Å². The Kier molecular flexibility index (Phi) is 4.45. The van der Waals surface area contributed by atoms with Gasteiger partial charge in [0.1, 0.15) is 5.82 Å². The zero-order valence-corrected chi connectivity index (χ0v) is 14.2. The second-order valence-electron chi connectivity index (χ2n) is 6.36. The number of benzene rings is 2. The van der Waals surface area contributed by atoms with Crippen LogP contribution in [-0.4, -0.2) is 22.8 Å². The van der Waals surface area contributed by atoms with Crippen LogP contribution >= 0.6 is 0 Å². The lowest BCUT2D eigenvalue weighted by Crippen LogP contribution is -2.39. The maximum atomic E-state index is 13.7. The second-order valence-corrected chi connectivity index (χ2v) is 6.36. The van der Waals surface area contributed by atoms with Crippen molar-refractivity contribution in [1.82, 2.24) is 5.32 Å². The van der Waals surface area contributed by atoms with Gasteiger partial charge in [0.25, 0.3) is 17.9 Å². The number of aryl methyl sites for hydroxylation is 1. The fraction of sp³-hybridized carbons (Fsp3) is 0.211. The van der Waals surface area contributed by atoms with Crippen LogP contribution in [0.4, 0.5) is 4.39 Å². The first kappa shape index (κ1) is 18.2. The molecule has 1 saturated carbocycles. The van der Waals surface area contributed by atoms with Gasteiger partial charge < -0.3 is 0 Å². The number of halogens is 1. The molecule has 3 rings (SSSR count). The van der Waals surface area contributed by atoms with Crippen LogP contribution in [-0.2, 0) is 4.79 Å². The first-order valence-corrected chi connectivity index (χ1v) is 8.04. The van der Waals surface area contributed by atoms with E-state index in [2.05, 4.69) is 0 Å². The molecular weight excluding hydrogens is 353 g/mol. The summed E-state index contributed by atoms with van der Waals surface area (Å²) >= 11 is 0. The van der Waals surface area contributed by atoms with E-state index in [9.17, 15) is 29.4 Å². The molecule has 8 heteroatoms. The Bertz CT molecular complexity index is 983. The third-order valence-electron chi connectivity index (χ3n) is 4.73. The molecule has 1 aliphatic rings. The van der Waals surface area contributed by atoms with Gasteiger partial charge in [-0.3, -0.25) is 25.0 Å². The van der Waals surface area contributed by atoms with Gasteiger partial charge in [0, 0.05) is 4.92 Å². The summed E-state index contributed by atoms with van der Waals surface area (Å²) < 4.78 is 13.7. The summed E-state index contributed by atoms with van der Waals surface area (Å²) in [6.45, 7) is 1.83. The molecule has 0 heterocycles. The summed E-state index contributed by atoms with van der Waals surface area (Å²) in [5, 5.41) is 22.9. The Morgan fingerprint density at radius 2 is 1.85 bits per heavy atom. The fourth-order valence-electron chi connectivity index (χ4n) is 3.26. The Morgan fingerprint density at radius 3 is 2.41 bits per heavy atom. The number of carbonyl (C=O) groups is 2. The number of nitriles is 1. The van der Waals surface area contributed by atoms with E-state index < -0.39 is 39.9 Å². The smallest absolute Gasteiger partial charge is 0.260 e. The predicted molar refractivity (Wildman–Crippen MR) is 91.6 cm³/mol. The maximum Gasteiger partial charge on any atom is 0.260 e. The summed E-state index contributed by atoms with van der Waals surface area (Å²) in [5.74, 6) is -3.99. The minimum Gasteiger partial charge on any atom is -0.291 e. The zero-order valence-electron chi connectivity index (χ0n) is 14.2. The molecule has 136 valence electrons. The highest BCUT2D eigenvalue weighted by atomic mass is 19.1. The lowest BCUT2D eigenvalue weighted by molar-refractivity contribution is -0.500. The molecule has 0 bridgehead atoms. The Labute approximate surface area is 153 Å². The normalized spacial score (nSPS) is 23.1. The fourth-order valence-corrected chi connectivity index (χ4v) is 3.26. The van der Waals surface area contributed by atoms with Crippen molar-refractivity contribution < 1.29 is 18.9 Å². The Balaban J connectivity index is 1.91. The number of rotatable bonds is 4. The van der Waals surface area contributed by atoms with Gasteiger partial charge in [-0.25, -0.2) is 4.39 Å². The van der Waals surface area contributed by atoms with E-state index in [1.165, 1.54) is 18.2 Å². The molecule has 1 N–H and O–H groups in total. The summed E-state index contributed by atoms with van der Waals surface area (Å²) in [6, 6.07) is 11.9. The van der Waals surface area contributed by atoms with Crippen molar-refractivity contribution in [3.8, 4) is 6.07 Å². The van der Waals surface area contributed by atoms with Crippen LogP contribution in [0.2, 0.25) is 0 Å². The van der Waals surface area contributed by atoms with Gasteiger partial charge >= 0.3 is 0 Å². The number of amides is 2. The average Bonchev–Trinajstić information content (AvgIpc) is 3.33. The van der Waals surface area contributed by atoms with Gasteiger partial charge in [0.05, 0.1) is 17.6 Å². The summed E-state index contributed by atoms with van der Waals surface area (Å²) in [4.78, 5) is 35.6. The predicted octanol–water partition coefficient (Wildman–Crippen LogP) is 2.34. The maximum absolute atomic E-state index is 13.7. The lowest BCUT2D eigenvalue weighted by Gasteiger charge is -2.08. The molecule has 2 aromatic carbocycles. The highest BCUT2D eigenvalue weighted by Crippen LogP contribution is 2.60. The second kappa shape index (κ2) is 6.61. The van der Waals surface area contributed by atoms with Crippen LogP contribution in [0.1, 0.15) is 27.4 Å². The van der Waals surface area contributed by atoms with Gasteiger partial charge in [0.2, 0.25) is 5.41 Å². The SMILES string of the molecule is Cc1ccc([C@H]2[C@H]([N+](=O)[O-])[C@@]2(C#N)C(=O)NC(=O)c2ccccc2F)cc1. The van der Waals surface area contributed by atoms with Crippen molar-refractivity contribution >= 4 is 11.8 Å². The van der Waals surface area contributed by atoms with Gasteiger partial charge in [-0.05, 0) is 24.6 Å². The topological polar surface area (TPSA) is 113 Å². The van der Waals surface area contributed by atoms with E-state index >= 15 is 0 Å². The van der Waals surface area contributed by atoms with Crippen LogP contribution < -0.4 is 5.32 Å². The van der Waals surface area contributed by atoms with E-state index in [0.717, 1.165) is 11.6 Å². The molecule has 1 aliphatic carbocycles. The van der Waals surface area contributed by atoms with E-state index in [1.54, 1.807) is 30.3 Å². The number of nitrogens with zero attached hydrogens (tertiary/aromatic N) is 2. The molecule has 0 radical (unpaired) electrons. The van der Waals surface area contributed by atoms with Crippen molar-refractivity contribution in [2.45, 2.75) is 18.9 Å². The third kappa shape index (κ3) is 2.93. The monoisotopic (exact) mass is 367 g/mol. The molecule has 7 nitrogen and oxygen atoms in total. The summed E-state index contributed by atoms with van der Waals surface area (Å²) in [5.41, 5.74) is -1.04. The minimum atomic E-state index is -2.03. The van der Waals surface area contributed by atoms with Crippen molar-refractivity contribution in [3.63, 3.8) is 0 Å². The van der Waals surface area contributed by atoms with E-state index in [-0.39, 0.29) is 5.56 Å². The molecule has 1 fully saturated rings. The molecule has 0 aromatic heterocycles. The molecule has 0 spiro atoms. The van der Waals surface area contributed by atoms with Crippen LogP contribution in [0.3, 0.4) is 0 Å². The average molecular weight is 367 g/mol. The molecule has 2 amide bonds. The molecule has 0 saturated heterocycles. The van der Waals surface area contributed by atoms with Gasteiger partial charge in [-0.2, -0.15) is 5.26 Å². The number of nitrogens with one attached hydrogen (secondary N) is 1. The van der Waals surface area contributed by atoms with Crippen molar-refractivity contribution in [2.75, 3.05) is 0 Å². The minimum absolute atomic E-state index is 0.385. The van der Waals surface area contributed by atoms with Gasteiger partial charge in [-0.15, -0.1) is 0 Å². The standard InChI is InChI=1S/C19H14FN3O4/c1-11-6-8-12(9-7-11)15-16(23(26)27)19(15,10-21)18(25)22-17(24)13-4-2-3-5-14(13)20/h2-9,15-16H,1H3,(H,22,24,25)/t15-,16-,19-/m0/s1. The van der Waals surface area contributed by atoms with E-state index in [4.69, 9.17) is 0 Å². The molecular formula is C19H14FN3O4. The van der Waals surface area contributed by atoms with Gasteiger partial charge in [0.15, 0.2) is 0 Å². The third-order valence-corrected chi connectivity index (χ3v) is 4.73. The van der Waals surface area contributed by atoms with E-state index in [1.807, 2.05) is 12.2 Å². The summed E-state index contributed by atoms with van der Waals surface area (Å²) in [6.07, 6.45) is 0. The molecule has 3 atom stereocenters. The molecule has 0 unspecified atom stereocenters.